The van der Waals surface area contributed by atoms with Crippen LogP contribution in [0.3, 0.4) is 0 Å². The molecule has 4 aromatic carbocycles. The molecule has 2 aliphatic heterocycles. The van der Waals surface area contributed by atoms with E-state index in [9.17, 15) is 8.42 Å². The Hall–Kier alpha value is -2.99. The number of sulfone groups is 1. The average Bonchev–Trinajstić information content (AvgIpc) is 3.74. The zero-order chi connectivity index (χ0) is 28.2. The normalized spacial score (nSPS) is 34.9. The molecule has 1 saturated heterocycles. The molecule has 4 aromatic rings. The largest absolute Gasteiger partial charge is 0.349 e. The zero-order valence-electron chi connectivity index (χ0n) is 23.8. The van der Waals surface area contributed by atoms with Crippen LogP contribution in [0.2, 0.25) is 25.2 Å². The third-order valence-corrected chi connectivity index (χ3v) is 16.2. The molecule has 0 unspecified atom stereocenters. The van der Waals surface area contributed by atoms with E-state index in [1.807, 2.05) is 18.2 Å². The van der Waals surface area contributed by atoms with Crippen LogP contribution in [0.5, 0.6) is 0 Å². The number of hydrogen-bond acceptors (Lipinski definition) is 3. The fourth-order valence-electron chi connectivity index (χ4n) is 9.97. The summed E-state index contributed by atoms with van der Waals surface area (Å²) in [6.45, 7) is 7.14. The Kier molecular flexibility index (Phi) is 5.34. The van der Waals surface area contributed by atoms with Gasteiger partial charge in [-0.25, -0.2) is 8.42 Å². The molecule has 2 saturated carbocycles. The molecule has 41 heavy (non-hydrogen) atoms. The molecule has 0 N–H and O–H groups in total. The topological polar surface area (TPSA) is 43.4 Å². The lowest BCUT2D eigenvalue weighted by atomic mass is 9.56. The summed E-state index contributed by atoms with van der Waals surface area (Å²) in [4.78, 5) is 0.466. The maximum absolute atomic E-state index is 14.7. The SMILES string of the molecule is C[Si](C)(C)[C@@H]1[C@H]2C[C@@H]([C@@H]3[C@H]2[C@@]2(c4ccccc4)O[C@@]3(c3ccccc3)c3ccccc32)[C@@H]1S(=O)(=O)c1ccccc1. The van der Waals surface area contributed by atoms with Gasteiger partial charge in [-0.2, -0.15) is 0 Å². The second-order valence-corrected chi connectivity index (χ2v) is 21.2. The Balaban J connectivity index is 1.43. The first-order chi connectivity index (χ1) is 19.7. The van der Waals surface area contributed by atoms with Crippen molar-refractivity contribution in [1.82, 2.24) is 0 Å². The number of ether oxygens (including phenoxy) is 1. The molecule has 3 fully saturated rings. The summed E-state index contributed by atoms with van der Waals surface area (Å²) in [6.07, 6.45) is 0.946. The molecule has 0 radical (unpaired) electrons. The van der Waals surface area contributed by atoms with Crippen LogP contribution >= 0.6 is 0 Å². The first-order valence-corrected chi connectivity index (χ1v) is 20.0. The first-order valence-electron chi connectivity index (χ1n) is 14.9. The van der Waals surface area contributed by atoms with Crippen molar-refractivity contribution < 1.29 is 13.2 Å². The van der Waals surface area contributed by atoms with Gasteiger partial charge in [-0.1, -0.05) is 123 Å². The van der Waals surface area contributed by atoms with Crippen LogP contribution in [0.1, 0.15) is 28.7 Å². The maximum atomic E-state index is 14.7. The van der Waals surface area contributed by atoms with Crippen molar-refractivity contribution in [2.75, 3.05) is 0 Å². The van der Waals surface area contributed by atoms with Crippen molar-refractivity contribution in [3.8, 4) is 0 Å². The van der Waals surface area contributed by atoms with Gasteiger partial charge >= 0.3 is 0 Å². The molecule has 8 rings (SSSR count). The molecule has 4 aliphatic rings. The summed E-state index contributed by atoms with van der Waals surface area (Å²) < 4.78 is 37.1. The second kappa shape index (κ2) is 8.53. The van der Waals surface area contributed by atoms with E-state index in [-0.39, 0.29) is 29.2 Å². The molecule has 0 aromatic heterocycles. The van der Waals surface area contributed by atoms with Gasteiger partial charge < -0.3 is 4.74 Å². The minimum atomic E-state index is -3.55. The van der Waals surface area contributed by atoms with Gasteiger partial charge in [-0.3, -0.25) is 0 Å². The van der Waals surface area contributed by atoms with Crippen LogP contribution in [0.25, 0.3) is 0 Å². The van der Waals surface area contributed by atoms with Gasteiger partial charge in [0.1, 0.15) is 11.2 Å². The summed E-state index contributed by atoms with van der Waals surface area (Å²) in [7, 11) is -5.48. The summed E-state index contributed by atoms with van der Waals surface area (Å²) in [5, 5.41) is -0.397. The van der Waals surface area contributed by atoms with E-state index in [0.29, 0.717) is 4.90 Å². The highest BCUT2D eigenvalue weighted by Crippen LogP contribution is 2.80. The predicted molar refractivity (Wildman–Crippen MR) is 165 cm³/mol. The second-order valence-electron chi connectivity index (χ2n) is 13.7. The van der Waals surface area contributed by atoms with E-state index in [4.69, 9.17) is 4.74 Å². The fourth-order valence-corrected chi connectivity index (χ4v) is 16.8. The van der Waals surface area contributed by atoms with Crippen LogP contribution in [-0.2, 0) is 25.8 Å². The van der Waals surface area contributed by atoms with Crippen molar-refractivity contribution in [3.05, 3.63) is 138 Å². The highest BCUT2D eigenvalue weighted by atomic mass is 32.2. The highest BCUT2D eigenvalue weighted by Gasteiger charge is 2.81. The molecule has 2 heterocycles. The van der Waals surface area contributed by atoms with Crippen molar-refractivity contribution in [1.29, 1.82) is 0 Å². The van der Waals surface area contributed by atoms with Gasteiger partial charge in [-0.15, -0.1) is 0 Å². The van der Waals surface area contributed by atoms with Crippen molar-refractivity contribution in [3.63, 3.8) is 0 Å². The summed E-state index contributed by atoms with van der Waals surface area (Å²) >= 11 is 0. The van der Waals surface area contributed by atoms with Crippen LogP contribution in [-0.4, -0.2) is 21.7 Å². The lowest BCUT2D eigenvalue weighted by Gasteiger charge is -2.50. The van der Waals surface area contributed by atoms with E-state index in [1.165, 1.54) is 16.7 Å². The summed E-state index contributed by atoms with van der Waals surface area (Å²) in [5.74, 6) is 0.579. The van der Waals surface area contributed by atoms with E-state index in [0.717, 1.165) is 12.0 Å². The fraction of sp³-hybridized carbons (Fsp3) is 0.333. The number of rotatable bonds is 5. The molecule has 0 spiro atoms. The third kappa shape index (κ3) is 3.15. The van der Waals surface area contributed by atoms with Crippen LogP contribution < -0.4 is 0 Å². The van der Waals surface area contributed by atoms with E-state index in [2.05, 4.69) is 105 Å². The average molecular weight is 577 g/mol. The number of fused-ring (bicyclic) bond motifs is 12. The maximum Gasteiger partial charge on any atom is 0.181 e. The van der Waals surface area contributed by atoms with Gasteiger partial charge in [0, 0.05) is 19.9 Å². The molecule has 5 heteroatoms. The van der Waals surface area contributed by atoms with Crippen LogP contribution in [0.15, 0.2) is 120 Å². The first kappa shape index (κ1) is 25.7. The quantitative estimate of drug-likeness (QED) is 0.229. The van der Waals surface area contributed by atoms with E-state index in [1.54, 1.807) is 12.1 Å². The molecule has 4 bridgehead atoms. The minimum absolute atomic E-state index is 0.0195. The van der Waals surface area contributed by atoms with Crippen molar-refractivity contribution >= 4 is 17.9 Å². The molecule has 0 amide bonds. The molecule has 2 aliphatic carbocycles. The smallest absolute Gasteiger partial charge is 0.181 e. The van der Waals surface area contributed by atoms with Gasteiger partial charge in [0.25, 0.3) is 0 Å². The highest BCUT2D eigenvalue weighted by molar-refractivity contribution is 7.92. The van der Waals surface area contributed by atoms with Crippen LogP contribution in [0.4, 0.5) is 0 Å². The molecular formula is C36H36O3SSi. The lowest BCUT2D eigenvalue weighted by molar-refractivity contribution is -0.0675. The van der Waals surface area contributed by atoms with E-state index >= 15 is 0 Å². The third-order valence-electron chi connectivity index (χ3n) is 10.9. The standard InChI is InChI=1S/C36H36O3SSi/c1-41(2,3)34-28-23-27(33(34)40(37,38)26-19-11-6-12-20-26)31-32(28)36(25-17-9-5-10-18-25)30-22-14-13-21-29(30)35(31,39-36)24-15-7-4-8-16-24/h4-22,27-28,31-34H,23H2,1-3H3/t27-,28-,31+,32-,33-,34+,35-,36-/m0/s1. The van der Waals surface area contributed by atoms with E-state index < -0.39 is 34.4 Å². The van der Waals surface area contributed by atoms with Gasteiger partial charge in [0.2, 0.25) is 0 Å². The molecular weight excluding hydrogens is 541 g/mol. The monoisotopic (exact) mass is 576 g/mol. The molecule has 3 nitrogen and oxygen atoms in total. The van der Waals surface area contributed by atoms with Crippen LogP contribution in [0, 0.1) is 23.7 Å². The minimum Gasteiger partial charge on any atom is -0.349 e. The lowest BCUT2D eigenvalue weighted by Crippen LogP contribution is -2.54. The Morgan fingerprint density at radius 3 is 1.56 bits per heavy atom. The predicted octanol–water partition coefficient (Wildman–Crippen LogP) is 7.65. The van der Waals surface area contributed by atoms with Gasteiger partial charge in [-0.05, 0) is 58.2 Å². The number of benzene rings is 4. The molecule has 208 valence electrons. The Labute approximate surface area is 244 Å². The zero-order valence-corrected chi connectivity index (χ0v) is 25.6. The van der Waals surface area contributed by atoms with Gasteiger partial charge in [0.05, 0.1) is 10.1 Å². The summed E-state index contributed by atoms with van der Waals surface area (Å²) in [5.41, 5.74) is 3.68. The van der Waals surface area contributed by atoms with Crippen molar-refractivity contribution in [2.24, 2.45) is 23.7 Å². The Morgan fingerprint density at radius 1 is 0.634 bits per heavy atom. The van der Waals surface area contributed by atoms with Gasteiger partial charge in [0.15, 0.2) is 9.84 Å². The number of hydrogen-bond donors (Lipinski definition) is 0. The summed E-state index contributed by atoms with van der Waals surface area (Å²) in [6, 6.07) is 39.4. The molecule has 8 atom stereocenters. The Bertz CT molecular complexity index is 1730. The Morgan fingerprint density at radius 2 is 1.07 bits per heavy atom. The van der Waals surface area contributed by atoms with Crippen molar-refractivity contribution in [2.45, 2.75) is 53.0 Å².